The van der Waals surface area contributed by atoms with Gasteiger partial charge >= 0.3 is 6.16 Å². The molecular formula is C25H39N2O12P. The number of amides is 2. The molecule has 1 aromatic rings. The number of benzene rings is 1. The molecule has 1 aliphatic rings. The lowest BCUT2D eigenvalue weighted by molar-refractivity contribution is -0.270. The molecule has 2 amide bonds. The molecule has 15 heteroatoms. The SMILES string of the molecule is COCC(COPOC(=O)OCc1ccccc1)NC(=O)CCCCO[C@@H]1OC(CO)[C@H](O)C(O)C1NC(C)=O. The summed E-state index contributed by atoms with van der Waals surface area (Å²) in [6.45, 7) is 1.16. The predicted octanol–water partition coefficient (Wildman–Crippen LogP) is 0.127. The van der Waals surface area contributed by atoms with Gasteiger partial charge in [-0.3, -0.25) is 9.59 Å². The molecule has 1 fully saturated rings. The van der Waals surface area contributed by atoms with Crippen molar-refractivity contribution in [1.82, 2.24) is 10.6 Å². The zero-order chi connectivity index (χ0) is 29.3. The van der Waals surface area contributed by atoms with E-state index in [1.54, 1.807) is 0 Å². The van der Waals surface area contributed by atoms with Gasteiger partial charge in [0.25, 0.3) is 0 Å². The van der Waals surface area contributed by atoms with Gasteiger partial charge in [-0.2, -0.15) is 0 Å². The van der Waals surface area contributed by atoms with Crippen molar-refractivity contribution in [3.05, 3.63) is 35.9 Å². The van der Waals surface area contributed by atoms with Gasteiger partial charge in [0.05, 0.1) is 25.9 Å². The lowest BCUT2D eigenvalue weighted by atomic mass is 9.97. The van der Waals surface area contributed by atoms with E-state index in [9.17, 15) is 29.7 Å². The molecule has 1 heterocycles. The molecule has 226 valence electrons. The van der Waals surface area contributed by atoms with Crippen LogP contribution in [0, 0.1) is 0 Å². The van der Waals surface area contributed by atoms with Crippen LogP contribution in [-0.4, -0.2) is 104 Å². The second-order valence-electron chi connectivity index (χ2n) is 9.00. The normalized spacial score (nSPS) is 23.5. The lowest BCUT2D eigenvalue weighted by Gasteiger charge is -2.42. The Balaban J connectivity index is 1.64. The highest BCUT2D eigenvalue weighted by Gasteiger charge is 2.45. The Hall–Kier alpha value is -2.42. The number of rotatable bonds is 17. The topological polar surface area (TPSA) is 191 Å². The van der Waals surface area contributed by atoms with Crippen LogP contribution < -0.4 is 10.6 Å². The van der Waals surface area contributed by atoms with Crippen LogP contribution in [0.15, 0.2) is 30.3 Å². The summed E-state index contributed by atoms with van der Waals surface area (Å²) in [6, 6.07) is 7.65. The Kier molecular flexibility index (Phi) is 15.9. The Morgan fingerprint density at radius 1 is 1.10 bits per heavy atom. The zero-order valence-electron chi connectivity index (χ0n) is 22.5. The van der Waals surface area contributed by atoms with Crippen LogP contribution in [0.25, 0.3) is 0 Å². The first-order chi connectivity index (χ1) is 19.2. The molecule has 1 aromatic carbocycles. The van der Waals surface area contributed by atoms with Crippen molar-refractivity contribution in [2.75, 3.05) is 33.5 Å². The molecule has 0 aromatic heterocycles. The minimum Gasteiger partial charge on any atom is -0.429 e. The van der Waals surface area contributed by atoms with E-state index >= 15 is 0 Å². The van der Waals surface area contributed by atoms with Gasteiger partial charge in [-0.1, -0.05) is 30.3 Å². The number of carbonyl (C=O) groups excluding carboxylic acids is 3. The summed E-state index contributed by atoms with van der Waals surface area (Å²) in [5, 5.41) is 35.0. The van der Waals surface area contributed by atoms with Gasteiger partial charge in [0.15, 0.2) is 6.29 Å². The Labute approximate surface area is 234 Å². The first-order valence-electron chi connectivity index (χ1n) is 12.8. The van der Waals surface area contributed by atoms with E-state index in [4.69, 9.17) is 28.0 Å². The largest absolute Gasteiger partial charge is 0.513 e. The van der Waals surface area contributed by atoms with Gasteiger partial charge in [-0.05, 0) is 18.4 Å². The number of carbonyl (C=O) groups is 3. The third kappa shape index (κ3) is 12.4. The number of methoxy groups -OCH3 is 1. The Morgan fingerprint density at radius 2 is 1.85 bits per heavy atom. The maximum absolute atomic E-state index is 12.4. The van der Waals surface area contributed by atoms with Crippen molar-refractivity contribution in [3.63, 3.8) is 0 Å². The quantitative estimate of drug-likeness (QED) is 0.0937. The van der Waals surface area contributed by atoms with Crippen molar-refractivity contribution in [3.8, 4) is 0 Å². The molecule has 2 rings (SSSR count). The van der Waals surface area contributed by atoms with E-state index in [1.807, 2.05) is 30.3 Å². The number of hydrogen-bond acceptors (Lipinski definition) is 12. The molecule has 5 N–H and O–H groups in total. The van der Waals surface area contributed by atoms with E-state index in [1.165, 1.54) is 14.0 Å². The fourth-order valence-electron chi connectivity index (χ4n) is 3.78. The van der Waals surface area contributed by atoms with E-state index in [2.05, 4.69) is 10.6 Å². The minimum absolute atomic E-state index is 0.0524. The maximum Gasteiger partial charge on any atom is 0.513 e. The summed E-state index contributed by atoms with van der Waals surface area (Å²) in [7, 11) is 0.863. The molecule has 7 atom stereocenters. The number of hydrogen-bond donors (Lipinski definition) is 5. The van der Waals surface area contributed by atoms with Gasteiger partial charge in [-0.25, -0.2) is 4.79 Å². The summed E-state index contributed by atoms with van der Waals surface area (Å²) in [4.78, 5) is 35.5. The monoisotopic (exact) mass is 590 g/mol. The number of nitrogens with one attached hydrogen (secondary N) is 2. The first-order valence-corrected chi connectivity index (χ1v) is 13.6. The zero-order valence-corrected chi connectivity index (χ0v) is 23.5. The molecule has 0 spiro atoms. The maximum atomic E-state index is 12.4. The summed E-state index contributed by atoms with van der Waals surface area (Å²) >= 11 is 0. The van der Waals surface area contributed by atoms with E-state index < -0.39 is 64.4 Å². The predicted molar refractivity (Wildman–Crippen MR) is 141 cm³/mol. The van der Waals surface area contributed by atoms with E-state index in [0.29, 0.717) is 12.8 Å². The van der Waals surface area contributed by atoms with Gasteiger partial charge in [0.1, 0.15) is 31.0 Å². The van der Waals surface area contributed by atoms with Crippen LogP contribution in [0.5, 0.6) is 0 Å². The highest BCUT2D eigenvalue weighted by Crippen LogP contribution is 2.22. The number of ether oxygens (including phenoxy) is 4. The molecule has 14 nitrogen and oxygen atoms in total. The van der Waals surface area contributed by atoms with E-state index in [0.717, 1.165) is 5.56 Å². The van der Waals surface area contributed by atoms with Crippen LogP contribution >= 0.6 is 9.03 Å². The average Bonchev–Trinajstić information content (AvgIpc) is 2.93. The number of unbranched alkanes of at least 4 members (excludes halogenated alkanes) is 1. The van der Waals surface area contributed by atoms with Gasteiger partial charge < -0.3 is 53.9 Å². The molecule has 0 bridgehead atoms. The average molecular weight is 591 g/mol. The highest BCUT2D eigenvalue weighted by atomic mass is 31.1. The number of aliphatic hydroxyl groups excluding tert-OH is 3. The van der Waals surface area contributed by atoms with Crippen LogP contribution in [-0.2, 0) is 44.2 Å². The molecule has 0 radical (unpaired) electrons. The Morgan fingerprint density at radius 3 is 2.52 bits per heavy atom. The molecule has 5 unspecified atom stereocenters. The fraction of sp³-hybridized carbons (Fsp3) is 0.640. The van der Waals surface area contributed by atoms with Crippen LogP contribution in [0.4, 0.5) is 4.79 Å². The van der Waals surface area contributed by atoms with Gasteiger partial charge in [0.2, 0.25) is 20.8 Å². The third-order valence-electron chi connectivity index (χ3n) is 5.73. The van der Waals surface area contributed by atoms with Crippen molar-refractivity contribution in [2.24, 2.45) is 0 Å². The van der Waals surface area contributed by atoms with Crippen LogP contribution in [0.2, 0.25) is 0 Å². The van der Waals surface area contributed by atoms with Crippen molar-refractivity contribution in [2.45, 2.75) is 69.5 Å². The lowest BCUT2D eigenvalue weighted by Crippen LogP contribution is -2.64. The van der Waals surface area contributed by atoms with Crippen molar-refractivity contribution < 1.29 is 57.7 Å². The standard InChI is InChI=1S/C25H39N2O12P/c1-16(29)26-21-23(32)22(31)19(12-28)38-24(21)35-11-7-6-10-20(30)27-18(14-34-2)15-37-40-39-25(33)36-13-17-8-4-3-5-9-17/h3-5,8-9,18-19,21-24,28,31-32,40H,6-7,10-15H2,1-2H3,(H,26,29)(H,27,30)/t18?,19?,21?,22-,23?,24+/m0/s1. The molecule has 1 aliphatic heterocycles. The molecule has 0 saturated carbocycles. The second kappa shape index (κ2) is 18.8. The molecule has 0 aliphatic carbocycles. The van der Waals surface area contributed by atoms with Crippen LogP contribution in [0.3, 0.4) is 0 Å². The van der Waals surface area contributed by atoms with Gasteiger partial charge in [0, 0.05) is 27.1 Å². The van der Waals surface area contributed by atoms with Gasteiger partial charge in [-0.15, -0.1) is 0 Å². The minimum atomic E-state index is -1.39. The fourth-order valence-corrected chi connectivity index (χ4v) is 4.23. The summed E-state index contributed by atoms with van der Waals surface area (Å²) in [5.41, 5.74) is 0.823. The van der Waals surface area contributed by atoms with Crippen molar-refractivity contribution in [1.29, 1.82) is 0 Å². The summed E-state index contributed by atoms with van der Waals surface area (Å²) in [6.07, 6.45) is -4.72. The van der Waals surface area contributed by atoms with E-state index in [-0.39, 0.29) is 38.8 Å². The second-order valence-corrected chi connectivity index (χ2v) is 9.66. The summed E-state index contributed by atoms with van der Waals surface area (Å²) in [5.74, 6) is -0.696. The first kappa shape index (κ1) is 33.8. The Bertz CT molecular complexity index is 896. The molecule has 40 heavy (non-hydrogen) atoms. The van der Waals surface area contributed by atoms with Crippen LogP contribution in [0.1, 0.15) is 31.7 Å². The smallest absolute Gasteiger partial charge is 0.429 e. The number of aliphatic hydroxyl groups is 3. The molecular weight excluding hydrogens is 551 g/mol. The third-order valence-corrected chi connectivity index (χ3v) is 6.27. The molecule has 1 saturated heterocycles. The highest BCUT2D eigenvalue weighted by molar-refractivity contribution is 7.26. The van der Waals surface area contributed by atoms with Crippen molar-refractivity contribution >= 4 is 27.0 Å². The summed E-state index contributed by atoms with van der Waals surface area (Å²) < 4.78 is 31.5.